The summed E-state index contributed by atoms with van der Waals surface area (Å²) in [5.74, 6) is 0.589. The van der Waals surface area contributed by atoms with E-state index >= 15 is 0 Å². The second-order valence-corrected chi connectivity index (χ2v) is 7.53. The van der Waals surface area contributed by atoms with Crippen LogP contribution in [0.25, 0.3) is 0 Å². The lowest BCUT2D eigenvalue weighted by Gasteiger charge is -2.32. The number of amides is 3. The van der Waals surface area contributed by atoms with E-state index in [0.717, 1.165) is 37.2 Å². The van der Waals surface area contributed by atoms with E-state index in [4.69, 9.17) is 0 Å². The van der Waals surface area contributed by atoms with Crippen molar-refractivity contribution in [3.8, 4) is 0 Å². The molecular weight excluding hydrogens is 310 g/mol. The highest BCUT2D eigenvalue weighted by molar-refractivity contribution is 7.09. The van der Waals surface area contributed by atoms with E-state index in [-0.39, 0.29) is 17.9 Å². The molecule has 5 nitrogen and oxygen atoms in total. The molecular formula is C17H27N3O2S. The van der Waals surface area contributed by atoms with Gasteiger partial charge in [0.05, 0.1) is 12.5 Å². The van der Waals surface area contributed by atoms with Gasteiger partial charge in [0.25, 0.3) is 0 Å². The summed E-state index contributed by atoms with van der Waals surface area (Å²) in [6, 6.07) is 3.91. The molecule has 2 heterocycles. The largest absolute Gasteiger partial charge is 0.356 e. The highest BCUT2D eigenvalue weighted by Gasteiger charge is 2.28. The maximum atomic E-state index is 12.3. The van der Waals surface area contributed by atoms with Crippen LogP contribution in [0.2, 0.25) is 0 Å². The average molecular weight is 337 g/mol. The van der Waals surface area contributed by atoms with Crippen molar-refractivity contribution in [1.82, 2.24) is 15.5 Å². The number of rotatable bonds is 6. The maximum absolute atomic E-state index is 12.3. The zero-order valence-corrected chi connectivity index (χ0v) is 14.8. The summed E-state index contributed by atoms with van der Waals surface area (Å²) in [7, 11) is 0. The minimum absolute atomic E-state index is 0.0712. The first-order valence-electron chi connectivity index (χ1n) is 8.39. The van der Waals surface area contributed by atoms with Crippen LogP contribution in [0.5, 0.6) is 0 Å². The van der Waals surface area contributed by atoms with Crippen LogP contribution in [-0.4, -0.2) is 36.5 Å². The van der Waals surface area contributed by atoms with Crippen molar-refractivity contribution in [2.24, 2.45) is 11.8 Å². The Morgan fingerprint density at radius 1 is 1.39 bits per heavy atom. The number of thiophene rings is 1. The standard InChI is InChI=1S/C17H27N3O2S/c1-13(2)7-8-18-16(21)14-5-3-9-20(12-14)17(22)19-11-15-6-4-10-23-15/h4,6,10,13-14H,3,5,7-9,11-12H2,1-2H3,(H,18,21)(H,19,22). The zero-order chi connectivity index (χ0) is 16.7. The topological polar surface area (TPSA) is 61.4 Å². The second kappa shape index (κ2) is 8.91. The SMILES string of the molecule is CC(C)CCNC(=O)C1CCCN(C(=O)NCc2cccs2)C1. The highest BCUT2D eigenvalue weighted by atomic mass is 32.1. The molecule has 3 amide bonds. The third-order valence-electron chi connectivity index (χ3n) is 4.09. The molecule has 0 saturated carbocycles. The first-order valence-corrected chi connectivity index (χ1v) is 9.27. The van der Waals surface area contributed by atoms with Gasteiger partial charge in [0, 0.05) is 24.5 Å². The van der Waals surface area contributed by atoms with Gasteiger partial charge in [0.2, 0.25) is 5.91 Å². The van der Waals surface area contributed by atoms with Crippen LogP contribution in [0, 0.1) is 11.8 Å². The maximum Gasteiger partial charge on any atom is 0.317 e. The van der Waals surface area contributed by atoms with Crippen molar-refractivity contribution in [3.05, 3.63) is 22.4 Å². The monoisotopic (exact) mass is 337 g/mol. The van der Waals surface area contributed by atoms with Crippen LogP contribution in [-0.2, 0) is 11.3 Å². The Bertz CT molecular complexity index is 502. The van der Waals surface area contributed by atoms with Gasteiger partial charge in [-0.25, -0.2) is 4.79 Å². The van der Waals surface area contributed by atoms with Gasteiger partial charge in [-0.15, -0.1) is 11.3 Å². The molecule has 1 fully saturated rings. The van der Waals surface area contributed by atoms with E-state index in [1.54, 1.807) is 16.2 Å². The summed E-state index contributed by atoms with van der Waals surface area (Å²) in [5, 5.41) is 7.94. The number of carbonyl (C=O) groups excluding carboxylic acids is 2. The second-order valence-electron chi connectivity index (χ2n) is 6.50. The molecule has 128 valence electrons. The van der Waals surface area contributed by atoms with Gasteiger partial charge in [-0.3, -0.25) is 4.79 Å². The van der Waals surface area contributed by atoms with E-state index in [2.05, 4.69) is 24.5 Å². The van der Waals surface area contributed by atoms with Gasteiger partial charge in [0.15, 0.2) is 0 Å². The molecule has 2 rings (SSSR count). The summed E-state index contributed by atoms with van der Waals surface area (Å²) in [6.07, 6.45) is 2.74. The Morgan fingerprint density at radius 2 is 2.22 bits per heavy atom. The molecule has 0 radical (unpaired) electrons. The molecule has 23 heavy (non-hydrogen) atoms. The Balaban J connectivity index is 1.75. The number of urea groups is 1. The van der Waals surface area contributed by atoms with Crippen molar-refractivity contribution in [2.45, 2.75) is 39.7 Å². The molecule has 2 N–H and O–H groups in total. The summed E-state index contributed by atoms with van der Waals surface area (Å²) in [5.41, 5.74) is 0. The Morgan fingerprint density at radius 3 is 2.91 bits per heavy atom. The summed E-state index contributed by atoms with van der Waals surface area (Å²) in [4.78, 5) is 27.4. The molecule has 1 aromatic heterocycles. The van der Waals surface area contributed by atoms with Crippen molar-refractivity contribution in [2.75, 3.05) is 19.6 Å². The van der Waals surface area contributed by atoms with E-state index in [1.807, 2.05) is 17.5 Å². The lowest BCUT2D eigenvalue weighted by molar-refractivity contribution is -0.126. The average Bonchev–Trinajstić information content (AvgIpc) is 3.05. The molecule has 0 aromatic carbocycles. The van der Waals surface area contributed by atoms with Gasteiger partial charge < -0.3 is 15.5 Å². The fourth-order valence-corrected chi connectivity index (χ4v) is 3.34. The molecule has 1 aliphatic rings. The first kappa shape index (κ1) is 17.8. The fourth-order valence-electron chi connectivity index (χ4n) is 2.69. The van der Waals surface area contributed by atoms with Crippen molar-refractivity contribution in [3.63, 3.8) is 0 Å². The normalized spacial score (nSPS) is 18.0. The van der Waals surface area contributed by atoms with Crippen LogP contribution in [0.1, 0.15) is 38.0 Å². The van der Waals surface area contributed by atoms with Gasteiger partial charge in [-0.05, 0) is 36.6 Å². The third kappa shape index (κ3) is 5.86. The van der Waals surface area contributed by atoms with E-state index in [1.165, 1.54) is 0 Å². The van der Waals surface area contributed by atoms with Crippen LogP contribution in [0.3, 0.4) is 0 Å². The third-order valence-corrected chi connectivity index (χ3v) is 4.97. The highest BCUT2D eigenvalue weighted by Crippen LogP contribution is 2.17. The van der Waals surface area contributed by atoms with E-state index in [0.29, 0.717) is 19.0 Å². The number of hydrogen-bond donors (Lipinski definition) is 2. The quantitative estimate of drug-likeness (QED) is 0.838. The number of nitrogens with one attached hydrogen (secondary N) is 2. The molecule has 1 saturated heterocycles. The summed E-state index contributed by atoms with van der Waals surface area (Å²) >= 11 is 1.63. The predicted octanol–water partition coefficient (Wildman–Crippen LogP) is 2.83. The lowest BCUT2D eigenvalue weighted by atomic mass is 9.97. The lowest BCUT2D eigenvalue weighted by Crippen LogP contribution is -2.48. The Labute approximate surface area is 142 Å². The zero-order valence-electron chi connectivity index (χ0n) is 14.0. The number of nitrogens with zero attached hydrogens (tertiary/aromatic N) is 1. The van der Waals surface area contributed by atoms with Crippen LogP contribution >= 0.6 is 11.3 Å². The van der Waals surface area contributed by atoms with E-state index < -0.39 is 0 Å². The van der Waals surface area contributed by atoms with Gasteiger partial charge in [-0.1, -0.05) is 19.9 Å². The number of likely N-dealkylation sites (tertiary alicyclic amines) is 1. The summed E-state index contributed by atoms with van der Waals surface area (Å²) < 4.78 is 0. The minimum Gasteiger partial charge on any atom is -0.356 e. The molecule has 0 spiro atoms. The van der Waals surface area contributed by atoms with Gasteiger partial charge in [-0.2, -0.15) is 0 Å². The molecule has 1 unspecified atom stereocenters. The summed E-state index contributed by atoms with van der Waals surface area (Å²) in [6.45, 7) is 6.81. The van der Waals surface area contributed by atoms with Gasteiger partial charge >= 0.3 is 6.03 Å². The molecule has 1 aliphatic heterocycles. The molecule has 0 bridgehead atoms. The first-order chi connectivity index (χ1) is 11.1. The van der Waals surface area contributed by atoms with Crippen molar-refractivity contribution in [1.29, 1.82) is 0 Å². The minimum atomic E-state index is -0.0802. The molecule has 1 atom stereocenters. The Hall–Kier alpha value is -1.56. The van der Waals surface area contributed by atoms with Gasteiger partial charge in [0.1, 0.15) is 0 Å². The van der Waals surface area contributed by atoms with Crippen LogP contribution < -0.4 is 10.6 Å². The number of hydrogen-bond acceptors (Lipinski definition) is 3. The van der Waals surface area contributed by atoms with Crippen LogP contribution in [0.4, 0.5) is 4.79 Å². The molecule has 1 aromatic rings. The fraction of sp³-hybridized carbons (Fsp3) is 0.647. The van der Waals surface area contributed by atoms with Crippen molar-refractivity contribution >= 4 is 23.3 Å². The molecule has 6 heteroatoms. The van der Waals surface area contributed by atoms with E-state index in [9.17, 15) is 9.59 Å². The van der Waals surface area contributed by atoms with Crippen LogP contribution in [0.15, 0.2) is 17.5 Å². The molecule has 0 aliphatic carbocycles. The Kier molecular flexibility index (Phi) is 6.89. The van der Waals surface area contributed by atoms with Crippen molar-refractivity contribution < 1.29 is 9.59 Å². The number of piperidine rings is 1. The predicted molar refractivity (Wildman–Crippen MR) is 93.3 cm³/mol. The smallest absolute Gasteiger partial charge is 0.317 e. The number of carbonyl (C=O) groups is 2.